The summed E-state index contributed by atoms with van der Waals surface area (Å²) in [6.07, 6.45) is 0.786. The van der Waals surface area contributed by atoms with Crippen molar-refractivity contribution in [1.82, 2.24) is 4.57 Å². The van der Waals surface area contributed by atoms with Crippen LogP contribution in [0.25, 0.3) is 0 Å². The number of carboxylic acids is 1. The Bertz CT molecular complexity index is 315. The molecular formula is C8H12N2O2. The first kappa shape index (κ1) is 8.64. The van der Waals surface area contributed by atoms with Gasteiger partial charge in [0, 0.05) is 12.7 Å². The molecule has 0 bridgehead atoms. The molecule has 0 amide bonds. The van der Waals surface area contributed by atoms with Gasteiger partial charge in [0.1, 0.15) is 11.4 Å². The molecule has 0 spiro atoms. The molecule has 0 atom stereocenters. The van der Waals surface area contributed by atoms with Crippen molar-refractivity contribution in [3.63, 3.8) is 0 Å². The highest BCUT2D eigenvalue weighted by atomic mass is 16.4. The molecule has 4 heteroatoms. The highest BCUT2D eigenvalue weighted by molar-refractivity contribution is 5.93. The number of aromatic carboxylic acids is 1. The van der Waals surface area contributed by atoms with E-state index in [-0.39, 0.29) is 5.56 Å². The van der Waals surface area contributed by atoms with Gasteiger partial charge in [-0.3, -0.25) is 0 Å². The molecule has 12 heavy (non-hydrogen) atoms. The Kier molecular flexibility index (Phi) is 2.08. The fourth-order valence-corrected chi connectivity index (χ4v) is 1.18. The lowest BCUT2D eigenvalue weighted by Crippen LogP contribution is -2.03. The number of aromatic nitrogens is 1. The standard InChI is InChI=1S/C8H12N2O2/c1-3-5-4-6(8(11)12)7(9)10(5)2/h4H,3,9H2,1-2H3,(H,11,12). The van der Waals surface area contributed by atoms with E-state index in [0.29, 0.717) is 5.82 Å². The maximum absolute atomic E-state index is 10.6. The third kappa shape index (κ3) is 1.15. The third-order valence-electron chi connectivity index (χ3n) is 1.97. The van der Waals surface area contributed by atoms with Gasteiger partial charge in [0.25, 0.3) is 0 Å². The van der Waals surface area contributed by atoms with Crippen LogP contribution in [-0.4, -0.2) is 15.6 Å². The number of nitrogens with zero attached hydrogens (tertiary/aromatic N) is 1. The molecule has 1 heterocycles. The summed E-state index contributed by atoms with van der Waals surface area (Å²) in [6, 6.07) is 1.61. The van der Waals surface area contributed by atoms with Gasteiger partial charge in [-0.15, -0.1) is 0 Å². The van der Waals surface area contributed by atoms with E-state index in [1.807, 2.05) is 6.92 Å². The SMILES string of the molecule is CCc1cc(C(=O)O)c(N)n1C. The smallest absolute Gasteiger partial charge is 0.339 e. The summed E-state index contributed by atoms with van der Waals surface area (Å²) in [5.41, 5.74) is 6.69. The van der Waals surface area contributed by atoms with Gasteiger partial charge in [0.2, 0.25) is 0 Å². The van der Waals surface area contributed by atoms with E-state index in [4.69, 9.17) is 10.8 Å². The molecule has 0 saturated carbocycles. The zero-order chi connectivity index (χ0) is 9.30. The molecule has 0 saturated heterocycles. The molecule has 0 unspecified atom stereocenters. The molecule has 1 aromatic heterocycles. The van der Waals surface area contributed by atoms with Crippen molar-refractivity contribution in [1.29, 1.82) is 0 Å². The van der Waals surface area contributed by atoms with Crippen molar-refractivity contribution in [2.24, 2.45) is 7.05 Å². The lowest BCUT2D eigenvalue weighted by atomic mass is 10.3. The van der Waals surface area contributed by atoms with Gasteiger partial charge < -0.3 is 15.4 Å². The van der Waals surface area contributed by atoms with Crippen LogP contribution in [0.5, 0.6) is 0 Å². The summed E-state index contributed by atoms with van der Waals surface area (Å²) in [5.74, 6) is -0.651. The van der Waals surface area contributed by atoms with E-state index in [0.717, 1.165) is 12.1 Å². The predicted molar refractivity (Wildman–Crippen MR) is 46.2 cm³/mol. The Balaban J connectivity index is 3.25. The molecule has 0 aliphatic heterocycles. The van der Waals surface area contributed by atoms with E-state index in [9.17, 15) is 4.79 Å². The number of nitrogen functional groups attached to an aromatic ring is 1. The topological polar surface area (TPSA) is 68.2 Å². The number of anilines is 1. The van der Waals surface area contributed by atoms with Gasteiger partial charge >= 0.3 is 5.97 Å². The summed E-state index contributed by atoms with van der Waals surface area (Å²) in [6.45, 7) is 1.96. The number of aryl methyl sites for hydroxylation is 1. The van der Waals surface area contributed by atoms with E-state index >= 15 is 0 Å². The molecule has 0 aromatic carbocycles. The molecule has 0 radical (unpaired) electrons. The van der Waals surface area contributed by atoms with Crippen LogP contribution >= 0.6 is 0 Å². The van der Waals surface area contributed by atoms with Crippen LogP contribution in [0.1, 0.15) is 23.0 Å². The van der Waals surface area contributed by atoms with Crippen LogP contribution in [0.3, 0.4) is 0 Å². The van der Waals surface area contributed by atoms with Gasteiger partial charge in [-0.1, -0.05) is 6.92 Å². The van der Waals surface area contributed by atoms with E-state index in [1.54, 1.807) is 17.7 Å². The molecule has 1 rings (SSSR count). The Labute approximate surface area is 70.6 Å². The van der Waals surface area contributed by atoms with E-state index < -0.39 is 5.97 Å². The first-order valence-electron chi connectivity index (χ1n) is 3.75. The summed E-state index contributed by atoms with van der Waals surface area (Å²) in [7, 11) is 1.76. The van der Waals surface area contributed by atoms with Crippen LogP contribution in [0.4, 0.5) is 5.82 Å². The number of carboxylic acid groups (broad SMARTS) is 1. The zero-order valence-corrected chi connectivity index (χ0v) is 7.16. The van der Waals surface area contributed by atoms with Gasteiger partial charge in [0.15, 0.2) is 0 Å². The molecule has 66 valence electrons. The van der Waals surface area contributed by atoms with Gasteiger partial charge in [0.05, 0.1) is 0 Å². The highest BCUT2D eigenvalue weighted by Crippen LogP contribution is 2.17. The van der Waals surface area contributed by atoms with Crippen molar-refractivity contribution in [3.8, 4) is 0 Å². The van der Waals surface area contributed by atoms with Crippen LogP contribution in [0, 0.1) is 0 Å². The molecule has 0 aliphatic carbocycles. The largest absolute Gasteiger partial charge is 0.478 e. The maximum atomic E-state index is 10.6. The van der Waals surface area contributed by atoms with Gasteiger partial charge in [-0.25, -0.2) is 4.79 Å². The first-order chi connectivity index (χ1) is 5.57. The maximum Gasteiger partial charge on any atom is 0.339 e. The lowest BCUT2D eigenvalue weighted by molar-refractivity contribution is 0.0698. The van der Waals surface area contributed by atoms with Crippen LogP contribution < -0.4 is 5.73 Å². The molecule has 3 N–H and O–H groups in total. The van der Waals surface area contributed by atoms with Crippen LogP contribution in [0.2, 0.25) is 0 Å². The molecular weight excluding hydrogens is 156 g/mol. The van der Waals surface area contributed by atoms with Gasteiger partial charge in [-0.2, -0.15) is 0 Å². The Morgan fingerprint density at radius 3 is 2.58 bits per heavy atom. The highest BCUT2D eigenvalue weighted by Gasteiger charge is 2.13. The number of carbonyl (C=O) groups is 1. The van der Waals surface area contributed by atoms with Crippen molar-refractivity contribution in [2.45, 2.75) is 13.3 Å². The first-order valence-corrected chi connectivity index (χ1v) is 3.75. The van der Waals surface area contributed by atoms with Crippen molar-refractivity contribution < 1.29 is 9.90 Å². The Morgan fingerprint density at radius 1 is 1.75 bits per heavy atom. The minimum Gasteiger partial charge on any atom is -0.478 e. The van der Waals surface area contributed by atoms with Gasteiger partial charge in [-0.05, 0) is 12.5 Å². The minimum absolute atomic E-state index is 0.189. The quantitative estimate of drug-likeness (QED) is 0.688. The van der Waals surface area contributed by atoms with E-state index in [1.165, 1.54) is 0 Å². The second-order valence-electron chi connectivity index (χ2n) is 2.65. The molecule has 0 fully saturated rings. The Morgan fingerprint density at radius 2 is 2.33 bits per heavy atom. The average Bonchev–Trinajstić information content (AvgIpc) is 2.30. The summed E-state index contributed by atoms with van der Waals surface area (Å²) in [5, 5.41) is 8.71. The number of nitrogens with two attached hydrogens (primary N) is 1. The normalized spacial score (nSPS) is 10.2. The summed E-state index contributed by atoms with van der Waals surface area (Å²) in [4.78, 5) is 10.6. The van der Waals surface area contributed by atoms with Crippen LogP contribution in [0.15, 0.2) is 6.07 Å². The second kappa shape index (κ2) is 2.89. The fraction of sp³-hybridized carbons (Fsp3) is 0.375. The molecule has 0 aliphatic rings. The van der Waals surface area contributed by atoms with Crippen LogP contribution in [-0.2, 0) is 13.5 Å². The van der Waals surface area contributed by atoms with Crippen molar-refractivity contribution in [2.75, 3.05) is 5.73 Å². The Hall–Kier alpha value is -1.45. The molecule has 1 aromatic rings. The number of rotatable bonds is 2. The minimum atomic E-state index is -0.970. The second-order valence-corrected chi connectivity index (χ2v) is 2.65. The number of hydrogen-bond acceptors (Lipinski definition) is 2. The predicted octanol–water partition coefficient (Wildman–Crippen LogP) is 0.868. The summed E-state index contributed by atoms with van der Waals surface area (Å²) >= 11 is 0. The fourth-order valence-electron chi connectivity index (χ4n) is 1.18. The van der Waals surface area contributed by atoms with E-state index in [2.05, 4.69) is 0 Å². The lowest BCUT2D eigenvalue weighted by Gasteiger charge is -2.00. The summed E-state index contributed by atoms with van der Waals surface area (Å²) < 4.78 is 1.70. The number of hydrogen-bond donors (Lipinski definition) is 2. The van der Waals surface area contributed by atoms with Crippen molar-refractivity contribution >= 4 is 11.8 Å². The third-order valence-corrected chi connectivity index (χ3v) is 1.97. The molecule has 4 nitrogen and oxygen atoms in total. The van der Waals surface area contributed by atoms with Crippen molar-refractivity contribution in [3.05, 3.63) is 17.3 Å². The average molecular weight is 168 g/mol. The zero-order valence-electron chi connectivity index (χ0n) is 7.16. The monoisotopic (exact) mass is 168 g/mol.